The Morgan fingerprint density at radius 3 is 2.65 bits per heavy atom. The summed E-state index contributed by atoms with van der Waals surface area (Å²) in [5.41, 5.74) is 3.31. The molecule has 20 heavy (non-hydrogen) atoms. The lowest BCUT2D eigenvalue weighted by atomic mass is 9.94. The van der Waals surface area contributed by atoms with E-state index in [1.165, 1.54) is 6.33 Å². The third kappa shape index (κ3) is 2.72. The van der Waals surface area contributed by atoms with Gasteiger partial charge in [0, 0.05) is 21.4 Å². The molecule has 0 spiro atoms. The summed E-state index contributed by atoms with van der Waals surface area (Å²) in [5, 5.41) is 2.89. The number of nitrogens with zero attached hydrogens (tertiary/aromatic N) is 2. The van der Waals surface area contributed by atoms with E-state index >= 15 is 0 Å². The van der Waals surface area contributed by atoms with Crippen molar-refractivity contribution in [3.63, 3.8) is 0 Å². The molecule has 0 aliphatic heterocycles. The minimum absolute atomic E-state index is 0.159. The van der Waals surface area contributed by atoms with Crippen LogP contribution in [0.4, 0.5) is 5.69 Å². The first-order chi connectivity index (χ1) is 9.74. The number of carbonyl (C=O) groups is 1. The molecule has 3 rings (SSSR count). The van der Waals surface area contributed by atoms with Crippen LogP contribution in [0, 0.1) is 0 Å². The Labute approximate surface area is 125 Å². The number of benzene rings is 1. The number of hydrogen-bond acceptors (Lipinski definition) is 3. The van der Waals surface area contributed by atoms with Crippen molar-refractivity contribution in [1.29, 1.82) is 0 Å². The molecule has 1 heterocycles. The van der Waals surface area contributed by atoms with E-state index in [4.69, 9.17) is 0 Å². The molecule has 1 aromatic carbocycles. The van der Waals surface area contributed by atoms with E-state index in [9.17, 15) is 4.79 Å². The normalized spacial score (nSPS) is 13.7. The zero-order chi connectivity index (χ0) is 13.9. The number of carbonyl (C=O) groups excluding carboxylic acids is 1. The number of amides is 1. The Hall–Kier alpha value is -1.75. The predicted molar refractivity (Wildman–Crippen MR) is 80.8 cm³/mol. The Bertz CT molecular complexity index is 640. The van der Waals surface area contributed by atoms with Gasteiger partial charge >= 0.3 is 0 Å². The molecule has 5 heteroatoms. The summed E-state index contributed by atoms with van der Waals surface area (Å²) in [6, 6.07) is 7.50. The van der Waals surface area contributed by atoms with Crippen LogP contribution in [0.2, 0.25) is 0 Å². The molecule has 0 bridgehead atoms. The minimum atomic E-state index is -0.159. The molecule has 4 nitrogen and oxygen atoms in total. The molecule has 0 unspecified atom stereocenters. The lowest BCUT2D eigenvalue weighted by molar-refractivity contribution is 0.102. The van der Waals surface area contributed by atoms with Crippen LogP contribution in [0.1, 0.15) is 34.6 Å². The fourth-order valence-electron chi connectivity index (χ4n) is 2.44. The van der Waals surface area contributed by atoms with Crippen molar-refractivity contribution in [1.82, 2.24) is 9.97 Å². The molecule has 0 fully saturated rings. The van der Waals surface area contributed by atoms with Crippen LogP contribution >= 0.6 is 15.9 Å². The van der Waals surface area contributed by atoms with Gasteiger partial charge in [0.25, 0.3) is 5.91 Å². The lowest BCUT2D eigenvalue weighted by Crippen LogP contribution is -2.19. The fourth-order valence-corrected chi connectivity index (χ4v) is 2.70. The summed E-state index contributed by atoms with van der Waals surface area (Å²) in [6.07, 6.45) is 5.55. The highest BCUT2D eigenvalue weighted by molar-refractivity contribution is 9.10. The smallest absolute Gasteiger partial charge is 0.274 e. The molecule has 1 aliphatic rings. The zero-order valence-corrected chi connectivity index (χ0v) is 12.5. The SMILES string of the molecule is O=C(Nc1ccc(Br)cc1)c1ncnc2c1CCCC2. The zero-order valence-electron chi connectivity index (χ0n) is 10.9. The van der Waals surface area contributed by atoms with Crippen molar-refractivity contribution in [2.75, 3.05) is 5.32 Å². The van der Waals surface area contributed by atoms with Crippen LogP contribution in [0.5, 0.6) is 0 Å². The van der Waals surface area contributed by atoms with Crippen molar-refractivity contribution in [3.05, 3.63) is 52.0 Å². The molecular weight excluding hydrogens is 318 g/mol. The molecule has 1 N–H and O–H groups in total. The number of aryl methyl sites for hydroxylation is 1. The highest BCUT2D eigenvalue weighted by Gasteiger charge is 2.20. The topological polar surface area (TPSA) is 54.9 Å². The number of nitrogens with one attached hydrogen (secondary N) is 1. The van der Waals surface area contributed by atoms with Crippen molar-refractivity contribution in [2.45, 2.75) is 25.7 Å². The molecule has 0 atom stereocenters. The van der Waals surface area contributed by atoms with Gasteiger partial charge in [0.15, 0.2) is 0 Å². The number of fused-ring (bicyclic) bond motifs is 1. The molecule has 102 valence electrons. The molecule has 1 aromatic heterocycles. The summed E-state index contributed by atoms with van der Waals surface area (Å²) >= 11 is 3.37. The summed E-state index contributed by atoms with van der Waals surface area (Å²) in [7, 11) is 0. The second kappa shape index (κ2) is 5.71. The number of aromatic nitrogens is 2. The molecule has 0 saturated carbocycles. The average molecular weight is 332 g/mol. The second-order valence-corrected chi connectivity index (χ2v) is 5.73. The third-order valence-corrected chi connectivity index (χ3v) is 3.97. The van der Waals surface area contributed by atoms with Crippen LogP contribution in [-0.4, -0.2) is 15.9 Å². The molecular formula is C15H14BrN3O. The Kier molecular flexibility index (Phi) is 3.78. The first-order valence-corrected chi connectivity index (χ1v) is 7.43. The largest absolute Gasteiger partial charge is 0.321 e. The summed E-state index contributed by atoms with van der Waals surface area (Å²) < 4.78 is 0.981. The molecule has 0 radical (unpaired) electrons. The highest BCUT2D eigenvalue weighted by Crippen LogP contribution is 2.22. The Morgan fingerprint density at radius 1 is 1.10 bits per heavy atom. The van der Waals surface area contributed by atoms with E-state index in [1.54, 1.807) is 0 Å². The van der Waals surface area contributed by atoms with Gasteiger partial charge in [0.1, 0.15) is 12.0 Å². The van der Waals surface area contributed by atoms with Gasteiger partial charge in [-0.1, -0.05) is 15.9 Å². The summed E-state index contributed by atoms with van der Waals surface area (Å²) in [4.78, 5) is 20.8. The lowest BCUT2D eigenvalue weighted by Gasteiger charge is -2.16. The maximum absolute atomic E-state index is 12.4. The fraction of sp³-hybridized carbons (Fsp3) is 0.267. The molecule has 1 amide bonds. The van der Waals surface area contributed by atoms with E-state index in [-0.39, 0.29) is 5.91 Å². The van der Waals surface area contributed by atoms with Gasteiger partial charge in [-0.25, -0.2) is 9.97 Å². The van der Waals surface area contributed by atoms with Gasteiger partial charge in [-0.15, -0.1) is 0 Å². The van der Waals surface area contributed by atoms with Gasteiger partial charge in [-0.3, -0.25) is 4.79 Å². The van der Waals surface area contributed by atoms with Crippen LogP contribution in [0.3, 0.4) is 0 Å². The van der Waals surface area contributed by atoms with Gasteiger partial charge in [-0.05, 0) is 49.9 Å². The first kappa shape index (κ1) is 13.2. The van der Waals surface area contributed by atoms with E-state index < -0.39 is 0 Å². The van der Waals surface area contributed by atoms with Crippen molar-refractivity contribution < 1.29 is 4.79 Å². The van der Waals surface area contributed by atoms with E-state index in [1.807, 2.05) is 24.3 Å². The Balaban J connectivity index is 1.85. The van der Waals surface area contributed by atoms with Crippen LogP contribution in [-0.2, 0) is 12.8 Å². The van der Waals surface area contributed by atoms with Crippen molar-refractivity contribution in [3.8, 4) is 0 Å². The van der Waals surface area contributed by atoms with Gasteiger partial charge < -0.3 is 5.32 Å². The van der Waals surface area contributed by atoms with E-state index in [0.717, 1.165) is 47.1 Å². The summed E-state index contributed by atoms with van der Waals surface area (Å²) in [6.45, 7) is 0. The van der Waals surface area contributed by atoms with E-state index in [0.29, 0.717) is 5.69 Å². The quantitative estimate of drug-likeness (QED) is 0.917. The number of rotatable bonds is 2. The standard InChI is InChI=1S/C15H14BrN3O/c16-10-5-7-11(8-6-10)19-15(20)14-12-3-1-2-4-13(12)17-9-18-14/h5-9H,1-4H2,(H,19,20). The second-order valence-electron chi connectivity index (χ2n) is 4.82. The van der Waals surface area contributed by atoms with Gasteiger partial charge in [0.2, 0.25) is 0 Å². The van der Waals surface area contributed by atoms with Crippen LogP contribution in [0.15, 0.2) is 35.1 Å². The van der Waals surface area contributed by atoms with Crippen LogP contribution in [0.25, 0.3) is 0 Å². The maximum atomic E-state index is 12.4. The number of anilines is 1. The van der Waals surface area contributed by atoms with E-state index in [2.05, 4.69) is 31.2 Å². The molecule has 2 aromatic rings. The highest BCUT2D eigenvalue weighted by atomic mass is 79.9. The van der Waals surface area contributed by atoms with Crippen molar-refractivity contribution in [2.24, 2.45) is 0 Å². The van der Waals surface area contributed by atoms with Crippen LogP contribution < -0.4 is 5.32 Å². The number of hydrogen-bond donors (Lipinski definition) is 1. The number of halogens is 1. The first-order valence-electron chi connectivity index (χ1n) is 6.64. The van der Waals surface area contributed by atoms with Gasteiger partial charge in [0.05, 0.1) is 0 Å². The average Bonchev–Trinajstić information content (AvgIpc) is 2.49. The molecule has 1 aliphatic carbocycles. The monoisotopic (exact) mass is 331 g/mol. The Morgan fingerprint density at radius 2 is 1.85 bits per heavy atom. The summed E-state index contributed by atoms with van der Waals surface area (Å²) in [5.74, 6) is -0.159. The minimum Gasteiger partial charge on any atom is -0.321 e. The molecule has 0 saturated heterocycles. The maximum Gasteiger partial charge on any atom is 0.274 e. The van der Waals surface area contributed by atoms with Crippen molar-refractivity contribution >= 4 is 27.5 Å². The van der Waals surface area contributed by atoms with Gasteiger partial charge in [-0.2, -0.15) is 0 Å². The third-order valence-electron chi connectivity index (χ3n) is 3.44. The predicted octanol–water partition coefficient (Wildman–Crippen LogP) is 3.37.